The van der Waals surface area contributed by atoms with Gasteiger partial charge in [-0.3, -0.25) is 0 Å². The summed E-state index contributed by atoms with van der Waals surface area (Å²) in [7, 11) is 1.61. The molecule has 0 unspecified atom stereocenters. The second-order valence-corrected chi connectivity index (χ2v) is 6.08. The first kappa shape index (κ1) is 17.8. The van der Waals surface area contributed by atoms with Crippen molar-refractivity contribution in [2.45, 2.75) is 19.8 Å². The third-order valence-electron chi connectivity index (χ3n) is 4.35. The average Bonchev–Trinajstić information content (AvgIpc) is 2.67. The molecule has 0 aliphatic rings. The third kappa shape index (κ3) is 3.49. The highest BCUT2D eigenvalue weighted by Gasteiger charge is 2.19. The minimum absolute atomic E-state index is 0.236. The van der Waals surface area contributed by atoms with E-state index < -0.39 is 5.97 Å². The van der Waals surface area contributed by atoms with Crippen LogP contribution in [0.15, 0.2) is 54.6 Å². The summed E-state index contributed by atoms with van der Waals surface area (Å²) in [6, 6.07) is 16.8. The van der Waals surface area contributed by atoms with Gasteiger partial charge in [-0.05, 0) is 41.6 Å². The Labute approximate surface area is 153 Å². The van der Waals surface area contributed by atoms with Gasteiger partial charge in [0.1, 0.15) is 11.5 Å². The standard InChI is InChI=1S/C22H22O4/c1-3-4-12-26-20-14-19(22(23)24)21(15-8-6-5-7-9-15)17-11-10-16(25-2)13-18(17)20/h5-11,13-14H,3-4,12H2,1-2H3,(H,23,24). The molecule has 0 bridgehead atoms. The van der Waals surface area contributed by atoms with E-state index in [-0.39, 0.29) is 5.56 Å². The lowest BCUT2D eigenvalue weighted by Gasteiger charge is -2.16. The summed E-state index contributed by atoms with van der Waals surface area (Å²) in [4.78, 5) is 12.0. The molecule has 0 aromatic heterocycles. The Morgan fingerprint density at radius 1 is 1.04 bits per heavy atom. The Bertz CT molecular complexity index is 916. The first-order chi connectivity index (χ1) is 12.7. The van der Waals surface area contributed by atoms with Crippen LogP contribution in [0.4, 0.5) is 0 Å². The Morgan fingerprint density at radius 2 is 1.81 bits per heavy atom. The number of methoxy groups -OCH3 is 1. The molecule has 134 valence electrons. The van der Waals surface area contributed by atoms with Crippen molar-refractivity contribution in [3.05, 3.63) is 60.2 Å². The zero-order valence-corrected chi connectivity index (χ0v) is 15.0. The smallest absolute Gasteiger partial charge is 0.336 e. The van der Waals surface area contributed by atoms with Crippen LogP contribution in [-0.4, -0.2) is 24.8 Å². The molecule has 3 aromatic carbocycles. The van der Waals surface area contributed by atoms with Crippen molar-refractivity contribution in [1.29, 1.82) is 0 Å². The molecule has 0 heterocycles. The van der Waals surface area contributed by atoms with E-state index in [2.05, 4.69) is 6.92 Å². The summed E-state index contributed by atoms with van der Waals surface area (Å²) >= 11 is 0. The highest BCUT2D eigenvalue weighted by molar-refractivity contribution is 6.10. The predicted molar refractivity (Wildman–Crippen MR) is 103 cm³/mol. The van der Waals surface area contributed by atoms with Crippen LogP contribution in [0.5, 0.6) is 11.5 Å². The van der Waals surface area contributed by atoms with E-state index in [1.54, 1.807) is 13.2 Å². The number of carboxylic acid groups (broad SMARTS) is 1. The first-order valence-corrected chi connectivity index (χ1v) is 8.72. The number of unbranched alkanes of at least 4 members (excludes halogenated alkanes) is 1. The fraction of sp³-hybridized carbons (Fsp3) is 0.227. The van der Waals surface area contributed by atoms with Crippen LogP contribution in [0.3, 0.4) is 0 Å². The monoisotopic (exact) mass is 350 g/mol. The summed E-state index contributed by atoms with van der Waals surface area (Å²) < 4.78 is 11.3. The summed E-state index contributed by atoms with van der Waals surface area (Å²) in [6.07, 6.45) is 1.92. The van der Waals surface area contributed by atoms with Crippen LogP contribution in [0.1, 0.15) is 30.1 Å². The maximum absolute atomic E-state index is 12.0. The molecule has 0 amide bonds. The van der Waals surface area contributed by atoms with Gasteiger partial charge in [-0.2, -0.15) is 0 Å². The topological polar surface area (TPSA) is 55.8 Å². The second kappa shape index (κ2) is 7.91. The Balaban J connectivity index is 2.29. The maximum Gasteiger partial charge on any atom is 0.336 e. The van der Waals surface area contributed by atoms with Gasteiger partial charge >= 0.3 is 5.97 Å². The summed E-state index contributed by atoms with van der Waals surface area (Å²) in [5, 5.41) is 11.5. The van der Waals surface area contributed by atoms with Gasteiger partial charge < -0.3 is 14.6 Å². The Hall–Kier alpha value is -3.01. The average molecular weight is 350 g/mol. The third-order valence-corrected chi connectivity index (χ3v) is 4.35. The zero-order valence-electron chi connectivity index (χ0n) is 15.0. The second-order valence-electron chi connectivity index (χ2n) is 6.08. The fourth-order valence-electron chi connectivity index (χ4n) is 3.03. The van der Waals surface area contributed by atoms with E-state index in [9.17, 15) is 9.90 Å². The molecular formula is C22H22O4. The van der Waals surface area contributed by atoms with Crippen molar-refractivity contribution >= 4 is 16.7 Å². The van der Waals surface area contributed by atoms with Gasteiger partial charge in [-0.15, -0.1) is 0 Å². The minimum atomic E-state index is -0.970. The molecule has 4 nitrogen and oxygen atoms in total. The molecule has 26 heavy (non-hydrogen) atoms. The van der Waals surface area contributed by atoms with E-state index in [1.165, 1.54) is 0 Å². The quantitative estimate of drug-likeness (QED) is 0.580. The van der Waals surface area contributed by atoms with Crippen LogP contribution >= 0.6 is 0 Å². The molecule has 0 atom stereocenters. The van der Waals surface area contributed by atoms with Gasteiger partial charge in [0, 0.05) is 10.9 Å². The predicted octanol–water partition coefficient (Wildman–Crippen LogP) is 5.39. The van der Waals surface area contributed by atoms with Gasteiger partial charge in [0.25, 0.3) is 0 Å². The number of hydrogen-bond donors (Lipinski definition) is 1. The van der Waals surface area contributed by atoms with Gasteiger partial charge in [0.15, 0.2) is 0 Å². The normalized spacial score (nSPS) is 10.7. The number of fused-ring (bicyclic) bond motifs is 1. The lowest BCUT2D eigenvalue weighted by atomic mass is 9.92. The highest BCUT2D eigenvalue weighted by atomic mass is 16.5. The lowest BCUT2D eigenvalue weighted by molar-refractivity contribution is 0.0697. The number of ether oxygens (including phenoxy) is 2. The Morgan fingerprint density at radius 3 is 2.46 bits per heavy atom. The summed E-state index contributed by atoms with van der Waals surface area (Å²) in [5.41, 5.74) is 1.79. The molecule has 1 N–H and O–H groups in total. The molecule has 0 aliphatic heterocycles. The van der Waals surface area contributed by atoms with Crippen molar-refractivity contribution in [2.24, 2.45) is 0 Å². The van der Waals surface area contributed by atoms with Crippen molar-refractivity contribution in [2.75, 3.05) is 13.7 Å². The molecule has 0 aliphatic carbocycles. The van der Waals surface area contributed by atoms with Gasteiger partial charge in [-0.25, -0.2) is 4.79 Å². The first-order valence-electron chi connectivity index (χ1n) is 8.72. The molecule has 4 heteroatoms. The van der Waals surface area contributed by atoms with E-state index in [1.807, 2.05) is 48.5 Å². The molecule has 3 rings (SSSR count). The van der Waals surface area contributed by atoms with Crippen LogP contribution in [0.2, 0.25) is 0 Å². The van der Waals surface area contributed by atoms with Crippen molar-refractivity contribution in [3.63, 3.8) is 0 Å². The van der Waals surface area contributed by atoms with Crippen LogP contribution < -0.4 is 9.47 Å². The van der Waals surface area contributed by atoms with Crippen LogP contribution in [0.25, 0.3) is 21.9 Å². The summed E-state index contributed by atoms with van der Waals surface area (Å²) in [5.74, 6) is 0.311. The molecule has 3 aromatic rings. The Kier molecular flexibility index (Phi) is 5.42. The maximum atomic E-state index is 12.0. The highest BCUT2D eigenvalue weighted by Crippen LogP contribution is 2.39. The summed E-state index contributed by atoms with van der Waals surface area (Å²) in [6.45, 7) is 2.64. The van der Waals surface area contributed by atoms with Gasteiger partial charge in [-0.1, -0.05) is 43.7 Å². The van der Waals surface area contributed by atoms with E-state index >= 15 is 0 Å². The number of hydrogen-bond acceptors (Lipinski definition) is 3. The largest absolute Gasteiger partial charge is 0.497 e. The zero-order chi connectivity index (χ0) is 18.5. The van der Waals surface area contributed by atoms with E-state index in [4.69, 9.17) is 9.47 Å². The number of aromatic carboxylic acids is 1. The molecule has 0 saturated carbocycles. The number of benzene rings is 3. The molecule has 0 saturated heterocycles. The van der Waals surface area contributed by atoms with Crippen LogP contribution in [0, 0.1) is 0 Å². The van der Waals surface area contributed by atoms with E-state index in [0.717, 1.165) is 29.2 Å². The van der Waals surface area contributed by atoms with Crippen molar-refractivity contribution < 1.29 is 19.4 Å². The van der Waals surface area contributed by atoms with Crippen molar-refractivity contribution in [3.8, 4) is 22.6 Å². The minimum Gasteiger partial charge on any atom is -0.497 e. The van der Waals surface area contributed by atoms with E-state index in [0.29, 0.717) is 23.7 Å². The molecule has 0 radical (unpaired) electrons. The molecular weight excluding hydrogens is 328 g/mol. The molecule has 0 fully saturated rings. The number of rotatable bonds is 7. The van der Waals surface area contributed by atoms with Crippen molar-refractivity contribution in [1.82, 2.24) is 0 Å². The number of carboxylic acids is 1. The SMILES string of the molecule is CCCCOc1cc(C(=O)O)c(-c2ccccc2)c2ccc(OC)cc12. The van der Waals surface area contributed by atoms with Gasteiger partial charge in [0.05, 0.1) is 19.3 Å². The number of carbonyl (C=O) groups is 1. The fourth-order valence-corrected chi connectivity index (χ4v) is 3.03. The lowest BCUT2D eigenvalue weighted by Crippen LogP contribution is -2.04. The molecule has 0 spiro atoms. The van der Waals surface area contributed by atoms with Gasteiger partial charge in [0.2, 0.25) is 0 Å². The van der Waals surface area contributed by atoms with Crippen LogP contribution in [-0.2, 0) is 0 Å².